The SMILES string of the molecule is CCC(=O)N1CCC[C@@H](c2cc(Nc3nc(C)cc(C)n3)cc(C)n2)C1. The molecule has 1 saturated heterocycles. The average molecular weight is 353 g/mol. The maximum absolute atomic E-state index is 12.1. The lowest BCUT2D eigenvalue weighted by Crippen LogP contribution is -2.38. The number of amides is 1. The standard InChI is InChI=1S/C20H27N5O/c1-5-19(26)25-8-6-7-16(12-25)18-11-17(10-15(4)21-18)24-20-22-13(2)9-14(3)23-20/h9-11,16H,5-8,12H2,1-4H3,(H,21,22,23,24)/t16-/m1/s1. The number of carbonyl (C=O) groups is 1. The molecule has 138 valence electrons. The molecule has 1 aliphatic rings. The molecule has 3 rings (SSSR count). The number of pyridine rings is 1. The molecule has 1 atom stereocenters. The van der Waals surface area contributed by atoms with E-state index in [0.29, 0.717) is 12.4 Å². The fourth-order valence-electron chi connectivity index (χ4n) is 3.56. The molecule has 6 heteroatoms. The van der Waals surface area contributed by atoms with Crippen LogP contribution in [-0.4, -0.2) is 38.8 Å². The number of nitrogens with one attached hydrogen (secondary N) is 1. The predicted molar refractivity (Wildman–Crippen MR) is 103 cm³/mol. The van der Waals surface area contributed by atoms with Gasteiger partial charge in [0.2, 0.25) is 11.9 Å². The largest absolute Gasteiger partial charge is 0.342 e. The summed E-state index contributed by atoms with van der Waals surface area (Å²) in [7, 11) is 0. The van der Waals surface area contributed by atoms with Gasteiger partial charge in [-0.15, -0.1) is 0 Å². The first kappa shape index (κ1) is 18.3. The highest BCUT2D eigenvalue weighted by Gasteiger charge is 2.25. The number of nitrogens with zero attached hydrogens (tertiary/aromatic N) is 4. The van der Waals surface area contributed by atoms with Gasteiger partial charge in [0.1, 0.15) is 0 Å². The molecule has 6 nitrogen and oxygen atoms in total. The van der Waals surface area contributed by atoms with Crippen molar-refractivity contribution in [2.75, 3.05) is 18.4 Å². The summed E-state index contributed by atoms with van der Waals surface area (Å²) in [6, 6.07) is 6.02. The van der Waals surface area contributed by atoms with E-state index in [1.165, 1.54) is 0 Å². The topological polar surface area (TPSA) is 71.0 Å². The first-order valence-corrected chi connectivity index (χ1v) is 9.30. The van der Waals surface area contributed by atoms with E-state index in [4.69, 9.17) is 4.98 Å². The minimum atomic E-state index is 0.226. The molecule has 0 aliphatic carbocycles. The first-order valence-electron chi connectivity index (χ1n) is 9.30. The van der Waals surface area contributed by atoms with Gasteiger partial charge in [0.15, 0.2) is 0 Å². The van der Waals surface area contributed by atoms with Gasteiger partial charge >= 0.3 is 0 Å². The number of piperidine rings is 1. The molecule has 3 heterocycles. The van der Waals surface area contributed by atoms with Crippen molar-refractivity contribution in [1.29, 1.82) is 0 Å². The van der Waals surface area contributed by atoms with Gasteiger partial charge in [0.25, 0.3) is 0 Å². The highest BCUT2D eigenvalue weighted by atomic mass is 16.2. The summed E-state index contributed by atoms with van der Waals surface area (Å²) in [5, 5.41) is 3.31. The van der Waals surface area contributed by atoms with Crippen LogP contribution in [0.1, 0.15) is 54.9 Å². The van der Waals surface area contributed by atoms with Gasteiger partial charge in [0.05, 0.1) is 0 Å². The van der Waals surface area contributed by atoms with Gasteiger partial charge in [-0.1, -0.05) is 6.92 Å². The van der Waals surface area contributed by atoms with Gasteiger partial charge < -0.3 is 10.2 Å². The Kier molecular flexibility index (Phi) is 5.49. The number of hydrogen-bond donors (Lipinski definition) is 1. The van der Waals surface area contributed by atoms with Crippen LogP contribution in [0.4, 0.5) is 11.6 Å². The predicted octanol–water partition coefficient (Wildman–Crippen LogP) is 3.66. The van der Waals surface area contributed by atoms with Crippen LogP contribution in [0.5, 0.6) is 0 Å². The average Bonchev–Trinajstić information content (AvgIpc) is 2.59. The lowest BCUT2D eigenvalue weighted by molar-refractivity contribution is -0.132. The number of anilines is 2. The molecule has 26 heavy (non-hydrogen) atoms. The zero-order valence-corrected chi connectivity index (χ0v) is 16.0. The van der Waals surface area contributed by atoms with Crippen molar-refractivity contribution >= 4 is 17.5 Å². The summed E-state index contributed by atoms with van der Waals surface area (Å²) >= 11 is 0. The molecule has 0 saturated carbocycles. The minimum absolute atomic E-state index is 0.226. The Hall–Kier alpha value is -2.50. The number of carbonyl (C=O) groups excluding carboxylic acids is 1. The Bertz CT molecular complexity index is 785. The molecular weight excluding hydrogens is 326 g/mol. The molecule has 0 radical (unpaired) electrons. The van der Waals surface area contributed by atoms with E-state index < -0.39 is 0 Å². The Morgan fingerprint density at radius 3 is 2.50 bits per heavy atom. The van der Waals surface area contributed by atoms with Crippen LogP contribution in [0.25, 0.3) is 0 Å². The molecule has 1 N–H and O–H groups in total. The Morgan fingerprint density at radius 1 is 1.12 bits per heavy atom. The third-order valence-corrected chi connectivity index (χ3v) is 4.71. The van der Waals surface area contributed by atoms with E-state index >= 15 is 0 Å². The first-order chi connectivity index (χ1) is 12.4. The minimum Gasteiger partial charge on any atom is -0.342 e. The van der Waals surface area contributed by atoms with Crippen LogP contribution in [0.3, 0.4) is 0 Å². The molecule has 0 spiro atoms. The molecule has 0 bridgehead atoms. The van der Waals surface area contributed by atoms with Crippen LogP contribution in [0, 0.1) is 20.8 Å². The van der Waals surface area contributed by atoms with E-state index in [1.54, 1.807) is 0 Å². The van der Waals surface area contributed by atoms with Gasteiger partial charge in [-0.05, 0) is 51.8 Å². The molecule has 0 unspecified atom stereocenters. The lowest BCUT2D eigenvalue weighted by atomic mass is 9.93. The maximum atomic E-state index is 12.1. The van der Waals surface area contributed by atoms with Crippen LogP contribution in [0.15, 0.2) is 18.2 Å². The van der Waals surface area contributed by atoms with Gasteiger partial charge in [-0.2, -0.15) is 0 Å². The molecule has 1 aliphatic heterocycles. The monoisotopic (exact) mass is 353 g/mol. The third-order valence-electron chi connectivity index (χ3n) is 4.71. The third kappa shape index (κ3) is 4.36. The molecule has 1 fully saturated rings. The second-order valence-electron chi connectivity index (χ2n) is 7.05. The van der Waals surface area contributed by atoms with Crippen LogP contribution in [0.2, 0.25) is 0 Å². The smallest absolute Gasteiger partial charge is 0.227 e. The molecule has 0 aromatic carbocycles. The summed E-state index contributed by atoms with van der Waals surface area (Å²) < 4.78 is 0. The Balaban J connectivity index is 1.82. The highest BCUT2D eigenvalue weighted by Crippen LogP contribution is 2.28. The molecule has 2 aromatic rings. The molecule has 1 amide bonds. The number of likely N-dealkylation sites (tertiary alicyclic amines) is 1. The Morgan fingerprint density at radius 2 is 1.81 bits per heavy atom. The van der Waals surface area contributed by atoms with Crippen molar-refractivity contribution in [3.05, 3.63) is 41.0 Å². The van der Waals surface area contributed by atoms with Crippen LogP contribution in [-0.2, 0) is 4.79 Å². The number of aromatic nitrogens is 3. The van der Waals surface area contributed by atoms with E-state index in [0.717, 1.165) is 54.4 Å². The van der Waals surface area contributed by atoms with Gasteiger partial charge in [-0.3, -0.25) is 9.78 Å². The van der Waals surface area contributed by atoms with Crippen molar-refractivity contribution in [2.45, 2.75) is 52.9 Å². The second kappa shape index (κ2) is 7.81. The highest BCUT2D eigenvalue weighted by molar-refractivity contribution is 5.76. The summed E-state index contributed by atoms with van der Waals surface area (Å²) in [5.74, 6) is 1.11. The van der Waals surface area contributed by atoms with E-state index in [1.807, 2.05) is 44.7 Å². The van der Waals surface area contributed by atoms with Gasteiger partial charge in [0, 0.05) is 53.9 Å². The van der Waals surface area contributed by atoms with E-state index in [9.17, 15) is 4.79 Å². The quantitative estimate of drug-likeness (QED) is 0.908. The second-order valence-corrected chi connectivity index (χ2v) is 7.05. The van der Waals surface area contributed by atoms with Crippen LogP contribution < -0.4 is 5.32 Å². The van der Waals surface area contributed by atoms with Crippen LogP contribution >= 0.6 is 0 Å². The van der Waals surface area contributed by atoms with Crippen molar-refractivity contribution in [3.63, 3.8) is 0 Å². The fourth-order valence-corrected chi connectivity index (χ4v) is 3.56. The van der Waals surface area contributed by atoms with Crippen molar-refractivity contribution in [2.24, 2.45) is 0 Å². The lowest BCUT2D eigenvalue weighted by Gasteiger charge is -2.32. The van der Waals surface area contributed by atoms with Gasteiger partial charge in [-0.25, -0.2) is 9.97 Å². The molecule has 2 aromatic heterocycles. The normalized spacial score (nSPS) is 17.2. The van der Waals surface area contributed by atoms with E-state index in [2.05, 4.69) is 21.4 Å². The molecular formula is C20H27N5O. The number of hydrogen-bond acceptors (Lipinski definition) is 5. The zero-order chi connectivity index (χ0) is 18.7. The van der Waals surface area contributed by atoms with Crippen molar-refractivity contribution in [3.8, 4) is 0 Å². The van der Waals surface area contributed by atoms with E-state index in [-0.39, 0.29) is 11.8 Å². The Labute approximate surface area is 155 Å². The maximum Gasteiger partial charge on any atom is 0.227 e. The number of rotatable bonds is 4. The fraction of sp³-hybridized carbons (Fsp3) is 0.500. The summed E-state index contributed by atoms with van der Waals surface area (Å²) in [5.41, 5.74) is 4.80. The summed E-state index contributed by atoms with van der Waals surface area (Å²) in [6.07, 6.45) is 2.64. The zero-order valence-electron chi connectivity index (χ0n) is 16.0. The summed E-state index contributed by atoms with van der Waals surface area (Å²) in [6.45, 7) is 9.45. The van der Waals surface area contributed by atoms with Crippen molar-refractivity contribution in [1.82, 2.24) is 19.9 Å². The van der Waals surface area contributed by atoms with Crippen molar-refractivity contribution < 1.29 is 4.79 Å². The summed E-state index contributed by atoms with van der Waals surface area (Å²) in [4.78, 5) is 27.7. The number of aryl methyl sites for hydroxylation is 3.